The third-order valence-electron chi connectivity index (χ3n) is 4.48. The maximum Gasteiger partial charge on any atom is 0.409 e. The first kappa shape index (κ1) is 24.3. The Morgan fingerprint density at radius 2 is 2.03 bits per heavy atom. The molecule has 0 aromatic carbocycles. The average Bonchev–Trinajstić information content (AvgIpc) is 3.14. The van der Waals surface area contributed by atoms with Crippen LogP contribution in [0.15, 0.2) is 34.9 Å². The number of amides is 2. The third-order valence-corrected chi connectivity index (χ3v) is 6.46. The van der Waals surface area contributed by atoms with E-state index in [1.54, 1.807) is 0 Å². The van der Waals surface area contributed by atoms with Crippen LogP contribution in [-0.4, -0.2) is 67.2 Å². The monoisotopic (exact) mass is 504 g/mol. The van der Waals surface area contributed by atoms with Gasteiger partial charge in [0, 0.05) is 17.2 Å². The molecule has 10 nitrogen and oxygen atoms in total. The standard InChI is InChI=1S/C18H15F3N4O6S2/c19-18(20,21)4-3-7-5-32-15-11(14(29)25(15)12(7)16(30)31)24-13(28)8(1-2-10(26)27)9-6-33-17(22)23-9/h1,3-4,6,11,15H,2,5H2,(H2,22,23)(H,24,28)(H,26,27)(H,30,31)/t11-,15+/m1/s1. The molecule has 3 heterocycles. The second-order valence-electron chi connectivity index (χ2n) is 6.70. The van der Waals surface area contributed by atoms with Gasteiger partial charge in [0.05, 0.1) is 17.7 Å². The highest BCUT2D eigenvalue weighted by molar-refractivity contribution is 8.00. The summed E-state index contributed by atoms with van der Waals surface area (Å²) < 4.78 is 37.5. The summed E-state index contributed by atoms with van der Waals surface area (Å²) in [5, 5.41) is 21.5. The van der Waals surface area contributed by atoms with Crippen LogP contribution in [0.3, 0.4) is 0 Å². The van der Waals surface area contributed by atoms with Crippen molar-refractivity contribution >= 4 is 57.6 Å². The predicted octanol–water partition coefficient (Wildman–Crippen LogP) is 1.44. The fourth-order valence-electron chi connectivity index (χ4n) is 3.10. The molecule has 15 heteroatoms. The summed E-state index contributed by atoms with van der Waals surface area (Å²) in [5.74, 6) is -4.59. The summed E-state index contributed by atoms with van der Waals surface area (Å²) in [5.41, 5.74) is 4.73. The van der Waals surface area contributed by atoms with Crippen molar-refractivity contribution in [1.82, 2.24) is 15.2 Å². The number of hydrogen-bond acceptors (Lipinski definition) is 8. The van der Waals surface area contributed by atoms with Crippen LogP contribution >= 0.6 is 23.1 Å². The van der Waals surface area contributed by atoms with Gasteiger partial charge < -0.3 is 21.3 Å². The van der Waals surface area contributed by atoms with Gasteiger partial charge in [-0.15, -0.1) is 23.1 Å². The SMILES string of the molecule is Nc1nc(C(=CCC(=O)O)C(=O)N[C@@H]2C(=O)N3C(C(=O)O)=C(C=CC(F)(F)F)CS[C@@H]23)cs1. The number of anilines is 1. The molecule has 33 heavy (non-hydrogen) atoms. The molecule has 5 N–H and O–H groups in total. The van der Waals surface area contributed by atoms with Crippen molar-refractivity contribution < 1.29 is 42.6 Å². The maximum absolute atomic E-state index is 12.8. The molecule has 1 saturated heterocycles. The van der Waals surface area contributed by atoms with Gasteiger partial charge in [0.2, 0.25) is 0 Å². The number of nitrogen functional groups attached to an aromatic ring is 1. The number of allylic oxidation sites excluding steroid dienone is 2. The summed E-state index contributed by atoms with van der Waals surface area (Å²) in [6.45, 7) is 0. The van der Waals surface area contributed by atoms with Crippen LogP contribution in [0.25, 0.3) is 5.57 Å². The van der Waals surface area contributed by atoms with Crippen molar-refractivity contribution in [3.05, 3.63) is 40.6 Å². The Bertz CT molecular complexity index is 1110. The van der Waals surface area contributed by atoms with E-state index in [-0.39, 0.29) is 33.8 Å². The molecule has 2 aliphatic rings. The Morgan fingerprint density at radius 1 is 1.33 bits per heavy atom. The van der Waals surface area contributed by atoms with E-state index >= 15 is 0 Å². The average molecular weight is 504 g/mol. The number of fused-ring (bicyclic) bond motifs is 1. The number of β-lactam (4-membered cyclic amide) rings is 1. The van der Waals surface area contributed by atoms with Crippen LogP contribution in [0.4, 0.5) is 18.3 Å². The molecule has 1 aromatic heterocycles. The number of aliphatic carboxylic acids is 2. The number of hydrogen-bond donors (Lipinski definition) is 4. The number of nitrogens with one attached hydrogen (secondary N) is 1. The number of nitrogens with two attached hydrogens (primary N) is 1. The zero-order valence-electron chi connectivity index (χ0n) is 16.3. The van der Waals surface area contributed by atoms with Gasteiger partial charge in [0.15, 0.2) is 5.13 Å². The molecule has 1 aromatic rings. The molecule has 2 atom stereocenters. The molecule has 3 rings (SSSR count). The lowest BCUT2D eigenvalue weighted by atomic mass is 10.0. The van der Waals surface area contributed by atoms with Crippen LogP contribution in [0.5, 0.6) is 0 Å². The first-order valence-electron chi connectivity index (χ1n) is 9.00. The van der Waals surface area contributed by atoms with Crippen molar-refractivity contribution in [2.75, 3.05) is 11.5 Å². The number of aromatic nitrogens is 1. The molecule has 0 aliphatic carbocycles. The molecular weight excluding hydrogens is 489 g/mol. The number of thioether (sulfide) groups is 1. The number of rotatable bonds is 7. The summed E-state index contributed by atoms with van der Waals surface area (Å²) in [4.78, 5) is 52.7. The lowest BCUT2D eigenvalue weighted by molar-refractivity contribution is -0.150. The van der Waals surface area contributed by atoms with E-state index in [1.165, 1.54) is 5.38 Å². The summed E-state index contributed by atoms with van der Waals surface area (Å²) in [6.07, 6.45) is -3.58. The molecule has 0 bridgehead atoms. The first-order chi connectivity index (χ1) is 15.4. The summed E-state index contributed by atoms with van der Waals surface area (Å²) in [7, 11) is 0. The Balaban J connectivity index is 1.82. The largest absolute Gasteiger partial charge is 0.481 e. The quantitative estimate of drug-likeness (QED) is 0.318. The smallest absolute Gasteiger partial charge is 0.409 e. The minimum atomic E-state index is -4.66. The van der Waals surface area contributed by atoms with Gasteiger partial charge in [0.1, 0.15) is 17.1 Å². The zero-order valence-corrected chi connectivity index (χ0v) is 18.0. The van der Waals surface area contributed by atoms with Crippen LogP contribution in [0, 0.1) is 0 Å². The molecule has 0 radical (unpaired) electrons. The van der Waals surface area contributed by atoms with E-state index in [0.717, 1.165) is 34.1 Å². The van der Waals surface area contributed by atoms with Gasteiger partial charge >= 0.3 is 18.1 Å². The number of thiazole rings is 1. The lowest BCUT2D eigenvalue weighted by Crippen LogP contribution is -2.70. The topological polar surface area (TPSA) is 163 Å². The number of alkyl halides is 3. The molecule has 2 amide bonds. The van der Waals surface area contributed by atoms with Gasteiger partial charge in [-0.25, -0.2) is 9.78 Å². The molecule has 0 saturated carbocycles. The number of carbonyl (C=O) groups excluding carboxylic acids is 2. The van der Waals surface area contributed by atoms with Gasteiger partial charge in [-0.1, -0.05) is 12.2 Å². The molecular formula is C18H15F3N4O6S2. The highest BCUT2D eigenvalue weighted by Crippen LogP contribution is 2.41. The minimum absolute atomic E-state index is 0.0990. The Labute approximate surface area is 191 Å². The lowest BCUT2D eigenvalue weighted by Gasteiger charge is -2.49. The van der Waals surface area contributed by atoms with Gasteiger partial charge in [-0.3, -0.25) is 19.3 Å². The zero-order chi connectivity index (χ0) is 24.5. The summed E-state index contributed by atoms with van der Waals surface area (Å²) >= 11 is 1.99. The minimum Gasteiger partial charge on any atom is -0.481 e. The van der Waals surface area contributed by atoms with E-state index in [4.69, 9.17) is 10.8 Å². The van der Waals surface area contributed by atoms with Gasteiger partial charge in [0.25, 0.3) is 11.8 Å². The van der Waals surface area contributed by atoms with Crippen molar-refractivity contribution in [3.8, 4) is 0 Å². The van der Waals surface area contributed by atoms with Crippen LogP contribution in [0.2, 0.25) is 0 Å². The van der Waals surface area contributed by atoms with Crippen LogP contribution in [-0.2, 0) is 19.2 Å². The van der Waals surface area contributed by atoms with E-state index in [2.05, 4.69) is 10.3 Å². The normalized spacial score (nSPS) is 21.1. The van der Waals surface area contributed by atoms with Crippen molar-refractivity contribution in [3.63, 3.8) is 0 Å². The fourth-order valence-corrected chi connectivity index (χ4v) is 4.98. The van der Waals surface area contributed by atoms with Crippen molar-refractivity contribution in [2.45, 2.75) is 24.0 Å². The number of nitrogens with zero attached hydrogens (tertiary/aromatic N) is 2. The number of halogens is 3. The molecule has 0 spiro atoms. The number of carbonyl (C=O) groups is 4. The van der Waals surface area contributed by atoms with E-state index < -0.39 is 53.5 Å². The van der Waals surface area contributed by atoms with E-state index in [0.29, 0.717) is 6.08 Å². The van der Waals surface area contributed by atoms with Gasteiger partial charge in [-0.2, -0.15) is 13.2 Å². The molecule has 176 valence electrons. The number of carboxylic acid groups (broad SMARTS) is 2. The predicted molar refractivity (Wildman–Crippen MR) is 112 cm³/mol. The second kappa shape index (κ2) is 9.27. The van der Waals surface area contributed by atoms with E-state index in [1.807, 2.05) is 0 Å². The molecule has 1 fully saturated rings. The van der Waals surface area contributed by atoms with Crippen LogP contribution in [0.1, 0.15) is 12.1 Å². The highest BCUT2D eigenvalue weighted by atomic mass is 32.2. The second-order valence-corrected chi connectivity index (χ2v) is 8.70. The van der Waals surface area contributed by atoms with Gasteiger partial charge in [-0.05, 0) is 5.57 Å². The van der Waals surface area contributed by atoms with Crippen LogP contribution < -0.4 is 11.1 Å². The molecule has 2 aliphatic heterocycles. The Kier molecular flexibility index (Phi) is 6.83. The Morgan fingerprint density at radius 3 is 2.58 bits per heavy atom. The first-order valence-corrected chi connectivity index (χ1v) is 10.9. The van der Waals surface area contributed by atoms with Crippen molar-refractivity contribution in [1.29, 1.82) is 0 Å². The third kappa shape index (κ3) is 5.36. The van der Waals surface area contributed by atoms with Crippen molar-refractivity contribution in [2.24, 2.45) is 0 Å². The fraction of sp³-hybridized carbons (Fsp3) is 0.278. The van der Waals surface area contributed by atoms with E-state index in [9.17, 15) is 37.5 Å². The summed E-state index contributed by atoms with van der Waals surface area (Å²) in [6, 6.07) is -1.17. The Hall–Kier alpha value is -3.33. The molecule has 0 unspecified atom stereocenters. The maximum atomic E-state index is 12.8. The number of carboxylic acids is 2. The highest BCUT2D eigenvalue weighted by Gasteiger charge is 2.54.